The minimum atomic E-state index is 0.116. The van der Waals surface area contributed by atoms with Crippen LogP contribution in [0.3, 0.4) is 0 Å². The van der Waals surface area contributed by atoms with Gasteiger partial charge in [-0.05, 0) is 38.2 Å². The first-order chi connectivity index (χ1) is 8.80. The Bertz CT molecular complexity index is 495. The fraction of sp³-hybridized carbons (Fsp3) is 0.600. The van der Waals surface area contributed by atoms with Crippen LogP contribution in [0, 0.1) is 24.7 Å². The minimum Gasteiger partial charge on any atom is -0.384 e. The summed E-state index contributed by atoms with van der Waals surface area (Å²) in [5, 5.41) is 7.80. The lowest BCUT2D eigenvalue weighted by molar-refractivity contribution is 0.280. The molecule has 19 heavy (non-hydrogen) atoms. The van der Waals surface area contributed by atoms with Crippen LogP contribution in [-0.2, 0) is 0 Å². The molecule has 0 aliphatic carbocycles. The molecule has 2 heterocycles. The molecule has 0 atom stereocenters. The maximum absolute atomic E-state index is 7.80. The van der Waals surface area contributed by atoms with Gasteiger partial charge in [0.2, 0.25) is 0 Å². The quantitative estimate of drug-likeness (QED) is 0.634. The molecule has 0 spiro atoms. The van der Waals surface area contributed by atoms with Crippen LogP contribution in [0.15, 0.2) is 6.07 Å². The molecule has 4 heteroatoms. The van der Waals surface area contributed by atoms with Gasteiger partial charge in [0.1, 0.15) is 5.84 Å². The highest BCUT2D eigenvalue weighted by atomic mass is 15.1. The summed E-state index contributed by atoms with van der Waals surface area (Å²) in [6.07, 6.45) is 2.34. The third-order valence-electron chi connectivity index (χ3n) is 4.03. The summed E-state index contributed by atoms with van der Waals surface area (Å²) < 4.78 is 0. The molecule has 0 radical (unpaired) electrons. The van der Waals surface area contributed by atoms with Crippen LogP contribution < -0.4 is 10.6 Å². The highest BCUT2D eigenvalue weighted by molar-refractivity contribution is 6.01. The van der Waals surface area contributed by atoms with Crippen molar-refractivity contribution in [1.29, 1.82) is 5.41 Å². The first kappa shape index (κ1) is 13.8. The molecule has 104 valence electrons. The van der Waals surface area contributed by atoms with E-state index in [1.165, 1.54) is 12.8 Å². The molecule has 1 aliphatic heterocycles. The van der Waals surface area contributed by atoms with E-state index in [9.17, 15) is 0 Å². The lowest BCUT2D eigenvalue weighted by Gasteiger charge is -2.39. The molecule has 0 saturated carbocycles. The third kappa shape index (κ3) is 2.88. The predicted molar refractivity (Wildman–Crippen MR) is 80.0 cm³/mol. The fourth-order valence-corrected chi connectivity index (χ4v) is 2.74. The molecule has 2 rings (SSSR count). The van der Waals surface area contributed by atoms with Gasteiger partial charge in [-0.25, -0.2) is 0 Å². The van der Waals surface area contributed by atoms with Gasteiger partial charge in [0, 0.05) is 18.8 Å². The van der Waals surface area contributed by atoms with Crippen molar-refractivity contribution in [3.05, 3.63) is 23.0 Å². The zero-order chi connectivity index (χ0) is 14.2. The number of nitrogen functional groups attached to an aromatic ring is 1. The van der Waals surface area contributed by atoms with Crippen molar-refractivity contribution < 1.29 is 0 Å². The molecule has 0 bridgehead atoms. The van der Waals surface area contributed by atoms with E-state index in [4.69, 9.17) is 11.1 Å². The zero-order valence-electron chi connectivity index (χ0n) is 12.4. The van der Waals surface area contributed by atoms with E-state index in [1.807, 2.05) is 13.8 Å². The van der Waals surface area contributed by atoms with Gasteiger partial charge in [0.25, 0.3) is 0 Å². The molecule has 1 aromatic rings. The summed E-state index contributed by atoms with van der Waals surface area (Å²) in [7, 11) is 0. The van der Waals surface area contributed by atoms with Crippen molar-refractivity contribution in [3.63, 3.8) is 0 Å². The smallest absolute Gasteiger partial charge is 0.126 e. The molecule has 1 saturated heterocycles. The SMILES string of the molecule is Cc1cc(N2CCC(C)(C)CC2)c(C(=N)N)c(C)n1. The van der Waals surface area contributed by atoms with Crippen LogP contribution >= 0.6 is 0 Å². The van der Waals surface area contributed by atoms with Gasteiger partial charge >= 0.3 is 0 Å². The van der Waals surface area contributed by atoms with Gasteiger partial charge in [-0.3, -0.25) is 10.4 Å². The third-order valence-corrected chi connectivity index (χ3v) is 4.03. The van der Waals surface area contributed by atoms with E-state index in [1.54, 1.807) is 0 Å². The first-order valence-electron chi connectivity index (χ1n) is 6.88. The lowest BCUT2D eigenvalue weighted by atomic mass is 9.82. The first-order valence-corrected chi connectivity index (χ1v) is 6.88. The van der Waals surface area contributed by atoms with Gasteiger partial charge in [-0.1, -0.05) is 13.8 Å². The van der Waals surface area contributed by atoms with Crippen molar-refractivity contribution in [1.82, 2.24) is 4.98 Å². The Morgan fingerprint density at radius 3 is 2.42 bits per heavy atom. The average Bonchev–Trinajstić information content (AvgIpc) is 2.26. The van der Waals surface area contributed by atoms with E-state index < -0.39 is 0 Å². The number of anilines is 1. The summed E-state index contributed by atoms with van der Waals surface area (Å²) in [4.78, 5) is 6.78. The Labute approximate surface area is 115 Å². The minimum absolute atomic E-state index is 0.116. The predicted octanol–water partition coefficient (Wildman–Crippen LogP) is 2.61. The normalized spacial score (nSPS) is 18.4. The Balaban J connectivity index is 2.37. The molecule has 1 aliphatic rings. The number of nitrogens with zero attached hydrogens (tertiary/aromatic N) is 2. The van der Waals surface area contributed by atoms with Gasteiger partial charge in [-0.2, -0.15) is 0 Å². The number of amidine groups is 1. The van der Waals surface area contributed by atoms with Crippen molar-refractivity contribution >= 4 is 11.5 Å². The van der Waals surface area contributed by atoms with Gasteiger partial charge < -0.3 is 10.6 Å². The Hall–Kier alpha value is -1.58. The number of aryl methyl sites for hydroxylation is 2. The average molecular weight is 260 g/mol. The lowest BCUT2D eigenvalue weighted by Crippen LogP contribution is -2.38. The number of hydrogen-bond acceptors (Lipinski definition) is 3. The number of aromatic nitrogens is 1. The van der Waals surface area contributed by atoms with Crippen LogP contribution in [0.4, 0.5) is 5.69 Å². The number of piperidine rings is 1. The van der Waals surface area contributed by atoms with Crippen LogP contribution in [0.2, 0.25) is 0 Å². The van der Waals surface area contributed by atoms with Crippen LogP contribution in [0.25, 0.3) is 0 Å². The number of hydrogen-bond donors (Lipinski definition) is 2. The maximum atomic E-state index is 7.80. The largest absolute Gasteiger partial charge is 0.384 e. The second kappa shape index (κ2) is 4.83. The number of rotatable bonds is 2. The highest BCUT2D eigenvalue weighted by Crippen LogP contribution is 2.34. The Kier molecular flexibility index (Phi) is 3.52. The second-order valence-corrected chi connectivity index (χ2v) is 6.31. The summed E-state index contributed by atoms with van der Waals surface area (Å²) in [5.74, 6) is 0.116. The Morgan fingerprint density at radius 2 is 1.89 bits per heavy atom. The van der Waals surface area contributed by atoms with Crippen LogP contribution in [0.1, 0.15) is 43.6 Å². The summed E-state index contributed by atoms with van der Waals surface area (Å²) in [6.45, 7) is 10.6. The molecule has 1 aromatic heterocycles. The van der Waals surface area contributed by atoms with E-state index in [0.29, 0.717) is 5.41 Å². The number of pyridine rings is 1. The van der Waals surface area contributed by atoms with Crippen LogP contribution in [-0.4, -0.2) is 23.9 Å². The van der Waals surface area contributed by atoms with Crippen molar-refractivity contribution in [2.24, 2.45) is 11.1 Å². The summed E-state index contributed by atoms with van der Waals surface area (Å²) >= 11 is 0. The van der Waals surface area contributed by atoms with Crippen molar-refractivity contribution in [3.8, 4) is 0 Å². The number of nitrogens with one attached hydrogen (secondary N) is 1. The second-order valence-electron chi connectivity index (χ2n) is 6.31. The topological polar surface area (TPSA) is 66.0 Å². The Morgan fingerprint density at radius 1 is 1.32 bits per heavy atom. The molecule has 1 fully saturated rings. The molecular formula is C15H24N4. The van der Waals surface area contributed by atoms with E-state index in [2.05, 4.69) is 29.8 Å². The maximum Gasteiger partial charge on any atom is 0.126 e. The number of nitrogens with two attached hydrogens (primary N) is 1. The molecule has 0 aromatic carbocycles. The highest BCUT2D eigenvalue weighted by Gasteiger charge is 2.27. The molecule has 3 N–H and O–H groups in total. The zero-order valence-corrected chi connectivity index (χ0v) is 12.4. The summed E-state index contributed by atoms with van der Waals surface area (Å²) in [5.41, 5.74) is 9.88. The standard InChI is InChI=1S/C15H24N4/c1-10-9-12(13(14(16)17)11(2)18-10)19-7-5-15(3,4)6-8-19/h9H,5-8H2,1-4H3,(H3,16,17). The van der Waals surface area contributed by atoms with E-state index >= 15 is 0 Å². The van der Waals surface area contributed by atoms with Gasteiger partial charge in [0.15, 0.2) is 0 Å². The van der Waals surface area contributed by atoms with Crippen molar-refractivity contribution in [2.45, 2.75) is 40.5 Å². The molecule has 0 amide bonds. The van der Waals surface area contributed by atoms with Gasteiger partial charge in [-0.15, -0.1) is 0 Å². The molecule has 4 nitrogen and oxygen atoms in total. The molecular weight excluding hydrogens is 236 g/mol. The summed E-state index contributed by atoms with van der Waals surface area (Å²) in [6, 6.07) is 2.06. The van der Waals surface area contributed by atoms with E-state index in [-0.39, 0.29) is 5.84 Å². The van der Waals surface area contributed by atoms with Gasteiger partial charge in [0.05, 0.1) is 16.9 Å². The van der Waals surface area contributed by atoms with Crippen LogP contribution in [0.5, 0.6) is 0 Å². The fourth-order valence-electron chi connectivity index (χ4n) is 2.74. The van der Waals surface area contributed by atoms with E-state index in [0.717, 1.165) is 35.7 Å². The monoisotopic (exact) mass is 260 g/mol. The molecule has 0 unspecified atom stereocenters. The van der Waals surface area contributed by atoms with Crippen molar-refractivity contribution in [2.75, 3.05) is 18.0 Å².